The fourth-order valence-corrected chi connectivity index (χ4v) is 1.40. The maximum atomic E-state index is 11.1. The average molecular weight is 165 g/mol. The minimum atomic E-state index is -0.606. The number of hydroxylamine groups is 2. The second kappa shape index (κ2) is 2.28. The first-order chi connectivity index (χ1) is 5.72. The molecule has 4 nitrogen and oxygen atoms in total. The average Bonchev–Trinajstić information content (AvgIpc) is 2.33. The van der Waals surface area contributed by atoms with Crippen molar-refractivity contribution in [3.8, 4) is 0 Å². The molecule has 4 heteroatoms. The minimum Gasteiger partial charge on any atom is -0.278 e. The van der Waals surface area contributed by atoms with Crippen LogP contribution in [0.3, 0.4) is 0 Å². The molecule has 0 unspecified atom stereocenters. The summed E-state index contributed by atoms with van der Waals surface area (Å²) >= 11 is 0. The number of imide groups is 1. The van der Waals surface area contributed by atoms with Crippen molar-refractivity contribution in [2.24, 2.45) is 0 Å². The molecule has 0 radical (unpaired) electrons. The first-order valence-corrected chi connectivity index (χ1v) is 3.70. The number of rotatable bonds is 0. The molecule has 1 heterocycles. The Morgan fingerprint density at radius 3 is 1.92 bits per heavy atom. The van der Waals surface area contributed by atoms with E-state index in [1.807, 2.05) is 0 Å². The standard InChI is InChI=1S/C8H7NO3/c10-7-5-3-1-2-4-6(5)8(11)9(7)12/h3-4,12H,1-2H2. The molecular formula is C8H7NO3. The lowest BCUT2D eigenvalue weighted by Crippen LogP contribution is -2.24. The molecule has 2 aliphatic rings. The Morgan fingerprint density at radius 2 is 1.50 bits per heavy atom. The van der Waals surface area contributed by atoms with Crippen LogP contribution < -0.4 is 0 Å². The Morgan fingerprint density at radius 1 is 1.08 bits per heavy atom. The lowest BCUT2D eigenvalue weighted by atomic mass is 10.0. The van der Waals surface area contributed by atoms with Crippen molar-refractivity contribution < 1.29 is 14.8 Å². The highest BCUT2D eigenvalue weighted by molar-refractivity contribution is 6.23. The van der Waals surface area contributed by atoms with Gasteiger partial charge in [-0.1, -0.05) is 12.2 Å². The van der Waals surface area contributed by atoms with E-state index in [0.717, 1.165) is 12.8 Å². The maximum absolute atomic E-state index is 11.1. The lowest BCUT2D eigenvalue weighted by Gasteiger charge is -2.00. The summed E-state index contributed by atoms with van der Waals surface area (Å²) in [5.74, 6) is -1.21. The molecule has 12 heavy (non-hydrogen) atoms. The molecule has 2 amide bonds. The summed E-state index contributed by atoms with van der Waals surface area (Å²) in [6, 6.07) is 0. The van der Waals surface area contributed by atoms with Crippen LogP contribution in [0.25, 0.3) is 0 Å². The summed E-state index contributed by atoms with van der Waals surface area (Å²) in [4.78, 5) is 22.2. The molecule has 0 aromatic heterocycles. The predicted molar refractivity (Wildman–Crippen MR) is 39.0 cm³/mol. The van der Waals surface area contributed by atoms with E-state index in [0.29, 0.717) is 11.1 Å². The van der Waals surface area contributed by atoms with Crippen LogP contribution in [0.5, 0.6) is 0 Å². The van der Waals surface area contributed by atoms with Gasteiger partial charge in [-0.3, -0.25) is 14.8 Å². The van der Waals surface area contributed by atoms with Crippen LogP contribution in [0.4, 0.5) is 0 Å². The fourth-order valence-electron chi connectivity index (χ4n) is 1.40. The number of fused-ring (bicyclic) bond motifs is 1. The smallest absolute Gasteiger partial charge is 0.278 e. The molecule has 1 saturated heterocycles. The number of amides is 2. The molecule has 0 saturated carbocycles. The van der Waals surface area contributed by atoms with Crippen LogP contribution in [0.15, 0.2) is 23.3 Å². The summed E-state index contributed by atoms with van der Waals surface area (Å²) in [6.45, 7) is 0. The monoisotopic (exact) mass is 165 g/mol. The predicted octanol–water partition coefficient (Wildman–Crippen LogP) is 0.391. The fraction of sp³-hybridized carbons (Fsp3) is 0.250. The van der Waals surface area contributed by atoms with Crippen LogP contribution in [0, 0.1) is 0 Å². The van der Waals surface area contributed by atoms with Crippen LogP contribution in [0.2, 0.25) is 0 Å². The maximum Gasteiger partial charge on any atom is 0.285 e. The molecule has 0 bridgehead atoms. The molecule has 0 atom stereocenters. The van der Waals surface area contributed by atoms with Crippen LogP contribution in [-0.4, -0.2) is 22.1 Å². The van der Waals surface area contributed by atoms with Gasteiger partial charge in [0, 0.05) is 0 Å². The Bertz CT molecular complexity index is 295. The van der Waals surface area contributed by atoms with Gasteiger partial charge in [-0.05, 0) is 12.8 Å². The van der Waals surface area contributed by atoms with Gasteiger partial charge in [-0.25, -0.2) is 0 Å². The molecular weight excluding hydrogens is 158 g/mol. The van der Waals surface area contributed by atoms with Gasteiger partial charge in [0.25, 0.3) is 11.8 Å². The highest BCUT2D eigenvalue weighted by Crippen LogP contribution is 2.27. The third kappa shape index (κ3) is 0.753. The van der Waals surface area contributed by atoms with Gasteiger partial charge in [0.05, 0.1) is 11.1 Å². The number of hydrogen-bond acceptors (Lipinski definition) is 3. The van der Waals surface area contributed by atoms with E-state index in [-0.39, 0.29) is 5.06 Å². The summed E-state index contributed by atoms with van der Waals surface area (Å²) in [5.41, 5.74) is 0.683. The molecule has 0 spiro atoms. The third-order valence-electron chi connectivity index (χ3n) is 2.00. The van der Waals surface area contributed by atoms with E-state index in [2.05, 4.69) is 0 Å². The van der Waals surface area contributed by atoms with E-state index in [4.69, 9.17) is 5.21 Å². The zero-order valence-electron chi connectivity index (χ0n) is 6.28. The van der Waals surface area contributed by atoms with Gasteiger partial charge in [0.15, 0.2) is 0 Å². The summed E-state index contributed by atoms with van der Waals surface area (Å²) in [7, 11) is 0. The highest BCUT2D eigenvalue weighted by Gasteiger charge is 2.38. The number of hydrogen-bond donors (Lipinski definition) is 1. The molecule has 1 aliphatic heterocycles. The highest BCUT2D eigenvalue weighted by atomic mass is 16.5. The number of carbonyl (C=O) groups excluding carboxylic acids is 2. The van der Waals surface area contributed by atoms with E-state index in [9.17, 15) is 9.59 Å². The normalized spacial score (nSPS) is 22.2. The molecule has 0 aromatic carbocycles. The first-order valence-electron chi connectivity index (χ1n) is 3.70. The van der Waals surface area contributed by atoms with Crippen LogP contribution in [-0.2, 0) is 9.59 Å². The largest absolute Gasteiger partial charge is 0.285 e. The quantitative estimate of drug-likeness (QED) is 0.417. The van der Waals surface area contributed by atoms with E-state index < -0.39 is 11.8 Å². The van der Waals surface area contributed by atoms with E-state index in [1.165, 1.54) is 0 Å². The summed E-state index contributed by atoms with van der Waals surface area (Å²) in [6.07, 6.45) is 4.88. The third-order valence-corrected chi connectivity index (χ3v) is 2.00. The number of carbonyl (C=O) groups is 2. The Labute approximate surface area is 68.7 Å². The van der Waals surface area contributed by atoms with Crippen molar-refractivity contribution in [1.82, 2.24) is 5.06 Å². The zero-order chi connectivity index (χ0) is 8.72. The van der Waals surface area contributed by atoms with Crippen LogP contribution in [0.1, 0.15) is 12.8 Å². The molecule has 0 aromatic rings. The van der Waals surface area contributed by atoms with Gasteiger partial charge in [-0.2, -0.15) is 0 Å². The Kier molecular flexibility index (Phi) is 1.38. The molecule has 1 aliphatic carbocycles. The molecule has 1 fully saturated rings. The van der Waals surface area contributed by atoms with Crippen LogP contribution >= 0.6 is 0 Å². The van der Waals surface area contributed by atoms with Crippen molar-refractivity contribution in [3.05, 3.63) is 23.3 Å². The summed E-state index contributed by atoms with van der Waals surface area (Å²) < 4.78 is 0. The van der Waals surface area contributed by atoms with Crippen molar-refractivity contribution >= 4 is 11.8 Å². The van der Waals surface area contributed by atoms with Gasteiger partial charge >= 0.3 is 0 Å². The number of allylic oxidation sites excluding steroid dienone is 2. The number of nitrogens with zero attached hydrogens (tertiary/aromatic N) is 1. The summed E-state index contributed by atoms with van der Waals surface area (Å²) in [5, 5.41) is 9.12. The van der Waals surface area contributed by atoms with Gasteiger partial charge in [-0.15, -0.1) is 5.06 Å². The van der Waals surface area contributed by atoms with E-state index >= 15 is 0 Å². The topological polar surface area (TPSA) is 57.6 Å². The molecule has 1 N–H and O–H groups in total. The minimum absolute atomic E-state index is 0.170. The van der Waals surface area contributed by atoms with Gasteiger partial charge in [0.2, 0.25) is 0 Å². The SMILES string of the molecule is O=C1C2=CCCC=C2C(=O)N1O. The van der Waals surface area contributed by atoms with Gasteiger partial charge in [0.1, 0.15) is 0 Å². The second-order valence-electron chi connectivity index (χ2n) is 2.74. The van der Waals surface area contributed by atoms with Crippen molar-refractivity contribution in [2.75, 3.05) is 0 Å². The van der Waals surface area contributed by atoms with Gasteiger partial charge < -0.3 is 0 Å². The first kappa shape index (κ1) is 7.24. The van der Waals surface area contributed by atoms with Crippen molar-refractivity contribution in [2.45, 2.75) is 12.8 Å². The second-order valence-corrected chi connectivity index (χ2v) is 2.74. The molecule has 62 valence electrons. The zero-order valence-corrected chi connectivity index (χ0v) is 6.28. The molecule has 2 rings (SSSR count). The van der Waals surface area contributed by atoms with Crippen molar-refractivity contribution in [1.29, 1.82) is 0 Å². The Hall–Kier alpha value is -1.42. The van der Waals surface area contributed by atoms with Crippen molar-refractivity contribution in [3.63, 3.8) is 0 Å². The lowest BCUT2D eigenvalue weighted by molar-refractivity contribution is -0.168. The Balaban J connectivity index is 2.52. The van der Waals surface area contributed by atoms with E-state index in [1.54, 1.807) is 12.2 Å².